The minimum Gasteiger partial charge on any atom is -0.359 e. The molecule has 0 spiro atoms. The first-order valence-electron chi connectivity index (χ1n) is 8.24. The van der Waals surface area contributed by atoms with E-state index in [4.69, 9.17) is 4.11 Å². The number of amides is 2. The molecule has 3 rings (SSSR count). The fourth-order valence-electron chi connectivity index (χ4n) is 2.13. The van der Waals surface area contributed by atoms with Crippen molar-refractivity contribution in [2.24, 2.45) is 0 Å². The number of benzene rings is 2. The maximum absolute atomic E-state index is 12.1. The van der Waals surface area contributed by atoms with Crippen LogP contribution in [-0.2, 0) is 6.37 Å². The summed E-state index contributed by atoms with van der Waals surface area (Å²) in [7, 11) is 0. The number of aromatic amines is 1. The second-order valence-electron chi connectivity index (χ2n) is 4.58. The average molecular weight is 282 g/mol. The molecule has 0 bridgehead atoms. The number of aryl methyl sites for hydroxylation is 1. The van der Waals surface area contributed by atoms with Gasteiger partial charge in [-0.1, -0.05) is 37.2 Å². The van der Waals surface area contributed by atoms with Gasteiger partial charge in [0, 0.05) is 26.9 Å². The van der Waals surface area contributed by atoms with Gasteiger partial charge in [0.2, 0.25) is 0 Å². The van der Waals surface area contributed by atoms with Crippen LogP contribution in [0.15, 0.2) is 54.7 Å². The number of hydrogen-bond acceptors (Lipinski definition) is 1. The van der Waals surface area contributed by atoms with Crippen LogP contribution < -0.4 is 10.6 Å². The second-order valence-corrected chi connectivity index (χ2v) is 4.58. The maximum atomic E-state index is 12.1. The predicted octanol–water partition coefficient (Wildman–Crippen LogP) is 4.37. The number of urea groups is 1. The van der Waals surface area contributed by atoms with E-state index >= 15 is 0 Å². The van der Waals surface area contributed by atoms with E-state index in [1.165, 1.54) is 0 Å². The van der Waals surface area contributed by atoms with Gasteiger partial charge in [0.05, 0.1) is 5.69 Å². The molecule has 0 unspecified atom stereocenters. The Balaban J connectivity index is 1.69. The SMILES string of the molecule is [2H]CC([2H])([2H])c1ccc(NC(=O)Nc2c[nH]c3ccccc23)cc1. The standard InChI is InChI=1S/C17H17N3O/c1-2-12-7-9-13(10-8-12)19-17(21)20-16-11-18-15-6-4-3-5-14(15)16/h3-11,18H,2H2,1H3,(H2,19,20,21)/i1D,2D2. The van der Waals surface area contributed by atoms with Gasteiger partial charge in [-0.2, -0.15) is 0 Å². The first-order chi connectivity index (χ1) is 11.5. The molecular weight excluding hydrogens is 262 g/mol. The summed E-state index contributed by atoms with van der Waals surface area (Å²) in [6, 6.07) is 13.7. The fourth-order valence-corrected chi connectivity index (χ4v) is 2.13. The number of H-pyrrole nitrogens is 1. The van der Waals surface area contributed by atoms with Crippen molar-refractivity contribution in [3.05, 3.63) is 60.3 Å². The summed E-state index contributed by atoms with van der Waals surface area (Å²) in [5, 5.41) is 6.42. The van der Waals surface area contributed by atoms with E-state index in [1.807, 2.05) is 24.3 Å². The quantitative estimate of drug-likeness (QED) is 0.656. The van der Waals surface area contributed by atoms with E-state index < -0.39 is 6.37 Å². The molecule has 21 heavy (non-hydrogen) atoms. The van der Waals surface area contributed by atoms with Crippen LogP contribution in [0.1, 0.15) is 16.6 Å². The number of fused-ring (bicyclic) bond motifs is 1. The second kappa shape index (κ2) is 5.71. The average Bonchev–Trinajstić information content (AvgIpc) is 2.98. The zero-order valence-electron chi connectivity index (χ0n) is 14.3. The number of nitrogens with one attached hydrogen (secondary N) is 3. The minimum atomic E-state index is -1.69. The van der Waals surface area contributed by atoms with Gasteiger partial charge >= 0.3 is 6.03 Å². The molecule has 1 heterocycles. The molecule has 0 atom stereocenters. The van der Waals surface area contributed by atoms with Gasteiger partial charge < -0.3 is 15.6 Å². The lowest BCUT2D eigenvalue weighted by atomic mass is 10.1. The topological polar surface area (TPSA) is 56.9 Å². The molecule has 0 saturated carbocycles. The van der Waals surface area contributed by atoms with E-state index in [0.29, 0.717) is 16.9 Å². The molecule has 0 fully saturated rings. The zero-order valence-corrected chi connectivity index (χ0v) is 11.3. The van der Waals surface area contributed by atoms with Crippen LogP contribution in [0.5, 0.6) is 0 Å². The van der Waals surface area contributed by atoms with Crippen molar-refractivity contribution in [1.29, 1.82) is 0 Å². The number of anilines is 2. The molecule has 4 heteroatoms. The smallest absolute Gasteiger partial charge is 0.323 e. The third-order valence-electron chi connectivity index (χ3n) is 3.18. The van der Waals surface area contributed by atoms with Crippen LogP contribution in [0, 0.1) is 0 Å². The Morgan fingerprint density at radius 1 is 1.19 bits per heavy atom. The van der Waals surface area contributed by atoms with E-state index in [2.05, 4.69) is 15.6 Å². The highest BCUT2D eigenvalue weighted by Crippen LogP contribution is 2.22. The van der Waals surface area contributed by atoms with Crippen molar-refractivity contribution >= 4 is 28.3 Å². The van der Waals surface area contributed by atoms with Crippen LogP contribution in [-0.4, -0.2) is 11.0 Å². The number of carbonyl (C=O) groups is 1. The van der Waals surface area contributed by atoms with Crippen molar-refractivity contribution in [2.45, 2.75) is 13.3 Å². The van der Waals surface area contributed by atoms with Crippen LogP contribution in [0.3, 0.4) is 0 Å². The molecule has 3 N–H and O–H groups in total. The van der Waals surface area contributed by atoms with Gasteiger partial charge in [0.1, 0.15) is 0 Å². The highest BCUT2D eigenvalue weighted by atomic mass is 16.2. The Morgan fingerprint density at radius 3 is 2.81 bits per heavy atom. The molecular formula is C17H17N3O. The van der Waals surface area contributed by atoms with Crippen molar-refractivity contribution in [2.75, 3.05) is 10.6 Å². The molecule has 4 nitrogen and oxygen atoms in total. The summed E-state index contributed by atoms with van der Waals surface area (Å²) in [6.07, 6.45) is 0.0426. The molecule has 2 aromatic carbocycles. The van der Waals surface area contributed by atoms with Gasteiger partial charge in [0.25, 0.3) is 0 Å². The number of hydrogen-bond donors (Lipinski definition) is 3. The van der Waals surface area contributed by atoms with E-state index in [-0.39, 0.29) is 12.9 Å². The van der Waals surface area contributed by atoms with Crippen molar-refractivity contribution in [3.63, 3.8) is 0 Å². The predicted molar refractivity (Wildman–Crippen MR) is 86.8 cm³/mol. The number of rotatable bonds is 3. The third-order valence-corrected chi connectivity index (χ3v) is 3.18. The van der Waals surface area contributed by atoms with Crippen molar-refractivity contribution in [3.8, 4) is 0 Å². The normalized spacial score (nSPS) is 13.2. The third kappa shape index (κ3) is 2.89. The Bertz CT molecular complexity index is 859. The molecule has 3 aromatic rings. The lowest BCUT2D eigenvalue weighted by molar-refractivity contribution is 0.262. The monoisotopic (exact) mass is 282 g/mol. The zero-order chi connectivity index (χ0) is 17.2. The van der Waals surface area contributed by atoms with Gasteiger partial charge in [-0.3, -0.25) is 0 Å². The molecule has 1 aromatic heterocycles. The largest absolute Gasteiger partial charge is 0.359 e. The summed E-state index contributed by atoms with van der Waals surface area (Å²) in [5.74, 6) is 0. The number of carbonyl (C=O) groups excluding carboxylic acids is 1. The highest BCUT2D eigenvalue weighted by molar-refractivity contribution is 6.05. The number of aromatic nitrogens is 1. The minimum absolute atomic E-state index is 0.346. The van der Waals surface area contributed by atoms with Gasteiger partial charge in [-0.15, -0.1) is 0 Å². The van der Waals surface area contributed by atoms with Crippen molar-refractivity contribution in [1.82, 2.24) is 4.98 Å². The molecule has 2 amide bonds. The van der Waals surface area contributed by atoms with Crippen molar-refractivity contribution < 1.29 is 8.91 Å². The Kier molecular flexibility index (Phi) is 2.73. The first-order valence-corrected chi connectivity index (χ1v) is 6.53. The molecule has 106 valence electrons. The summed E-state index contributed by atoms with van der Waals surface area (Å²) in [5.41, 5.74) is 2.59. The van der Waals surface area contributed by atoms with Crippen LogP contribution in [0.4, 0.5) is 16.2 Å². The van der Waals surface area contributed by atoms with Gasteiger partial charge in [0.15, 0.2) is 0 Å². The summed E-state index contributed by atoms with van der Waals surface area (Å²) in [6.45, 7) is -0.346. The van der Waals surface area contributed by atoms with Gasteiger partial charge in [-0.25, -0.2) is 4.79 Å². The highest BCUT2D eigenvalue weighted by Gasteiger charge is 2.07. The van der Waals surface area contributed by atoms with E-state index in [9.17, 15) is 4.79 Å². The summed E-state index contributed by atoms with van der Waals surface area (Å²) >= 11 is 0. The first kappa shape index (κ1) is 10.0. The molecule has 0 saturated heterocycles. The lowest BCUT2D eigenvalue weighted by Gasteiger charge is -2.07. The van der Waals surface area contributed by atoms with Crippen LogP contribution >= 0.6 is 0 Å². The fraction of sp³-hybridized carbons (Fsp3) is 0.118. The molecule has 0 aliphatic carbocycles. The maximum Gasteiger partial charge on any atom is 0.323 e. The molecule has 0 aliphatic heterocycles. The van der Waals surface area contributed by atoms with E-state index in [0.717, 1.165) is 10.9 Å². The lowest BCUT2D eigenvalue weighted by Crippen LogP contribution is -2.19. The van der Waals surface area contributed by atoms with Gasteiger partial charge in [-0.05, 0) is 30.1 Å². The Morgan fingerprint density at radius 2 is 2.00 bits per heavy atom. The summed E-state index contributed by atoms with van der Waals surface area (Å²) in [4.78, 5) is 15.2. The Labute approximate surface area is 127 Å². The van der Waals surface area contributed by atoms with Crippen LogP contribution in [0.25, 0.3) is 10.9 Å². The van der Waals surface area contributed by atoms with E-state index in [1.54, 1.807) is 30.5 Å². The summed E-state index contributed by atoms with van der Waals surface area (Å²) < 4.78 is 22.7. The van der Waals surface area contributed by atoms with Crippen LogP contribution in [0.2, 0.25) is 0 Å². The molecule has 0 aliphatic rings. The number of para-hydroxylation sites is 1. The molecule has 0 radical (unpaired) electrons. The Hall–Kier alpha value is -2.75.